The summed E-state index contributed by atoms with van der Waals surface area (Å²) in [4.78, 5) is 23.0. The monoisotopic (exact) mass is 329 g/mol. The van der Waals surface area contributed by atoms with Gasteiger partial charge in [0.1, 0.15) is 17.1 Å². The Hall–Kier alpha value is -1.79. The molecule has 1 aromatic carbocycles. The van der Waals surface area contributed by atoms with Crippen molar-refractivity contribution in [1.29, 1.82) is 0 Å². The number of aromatic hydroxyl groups is 1. The smallest absolute Gasteiger partial charge is 0.339 e. The third-order valence-electron chi connectivity index (χ3n) is 3.93. The summed E-state index contributed by atoms with van der Waals surface area (Å²) in [5.74, 6) is -1.54. The second-order valence-corrected chi connectivity index (χ2v) is 5.36. The van der Waals surface area contributed by atoms with Gasteiger partial charge >= 0.3 is 11.9 Å². The van der Waals surface area contributed by atoms with E-state index in [1.165, 1.54) is 12.1 Å². The minimum Gasteiger partial charge on any atom is -0.507 e. The molecular formula is C15H20ClNO5. The van der Waals surface area contributed by atoms with Crippen LogP contribution in [0.15, 0.2) is 18.2 Å². The van der Waals surface area contributed by atoms with Crippen LogP contribution < -0.4 is 10.5 Å². The Labute approximate surface area is 134 Å². The summed E-state index contributed by atoms with van der Waals surface area (Å²) >= 11 is 0. The lowest BCUT2D eigenvalue weighted by Gasteiger charge is -2.26. The average molecular weight is 330 g/mol. The summed E-state index contributed by atoms with van der Waals surface area (Å²) in [7, 11) is 0. The van der Waals surface area contributed by atoms with Gasteiger partial charge in [-0.1, -0.05) is 0 Å². The van der Waals surface area contributed by atoms with Crippen molar-refractivity contribution in [2.24, 2.45) is 17.6 Å². The summed E-state index contributed by atoms with van der Waals surface area (Å²) in [5, 5.41) is 18.3. The Bertz CT molecular complexity index is 541. The van der Waals surface area contributed by atoms with E-state index in [0.717, 1.165) is 31.7 Å². The van der Waals surface area contributed by atoms with Crippen LogP contribution in [0.25, 0.3) is 0 Å². The van der Waals surface area contributed by atoms with Crippen LogP contribution in [0, 0.1) is 11.8 Å². The Morgan fingerprint density at radius 1 is 1.23 bits per heavy atom. The van der Waals surface area contributed by atoms with Crippen molar-refractivity contribution in [3.8, 4) is 11.5 Å². The first-order chi connectivity index (χ1) is 10.0. The number of phenols is 1. The largest absolute Gasteiger partial charge is 0.507 e. The molecule has 0 aromatic heterocycles. The highest BCUT2D eigenvalue weighted by Crippen LogP contribution is 2.30. The van der Waals surface area contributed by atoms with Gasteiger partial charge in [0.25, 0.3) is 0 Å². The second-order valence-electron chi connectivity index (χ2n) is 5.36. The lowest BCUT2D eigenvalue weighted by atomic mass is 9.82. The quantitative estimate of drug-likeness (QED) is 0.577. The van der Waals surface area contributed by atoms with Crippen LogP contribution in [-0.4, -0.2) is 28.7 Å². The molecule has 0 saturated heterocycles. The fourth-order valence-electron chi connectivity index (χ4n) is 2.58. The van der Waals surface area contributed by atoms with Gasteiger partial charge in [-0.3, -0.25) is 4.79 Å². The molecule has 22 heavy (non-hydrogen) atoms. The molecule has 0 atom stereocenters. The molecule has 1 aliphatic carbocycles. The molecule has 1 aliphatic rings. The molecule has 7 heteroatoms. The fourth-order valence-corrected chi connectivity index (χ4v) is 2.58. The van der Waals surface area contributed by atoms with E-state index in [0.29, 0.717) is 12.5 Å². The Morgan fingerprint density at radius 3 is 2.41 bits per heavy atom. The van der Waals surface area contributed by atoms with E-state index in [1.807, 2.05) is 0 Å². The van der Waals surface area contributed by atoms with Crippen molar-refractivity contribution in [3.05, 3.63) is 23.8 Å². The molecule has 0 spiro atoms. The van der Waals surface area contributed by atoms with Crippen molar-refractivity contribution >= 4 is 24.3 Å². The maximum absolute atomic E-state index is 12.1. The number of carboxylic acids is 1. The van der Waals surface area contributed by atoms with Crippen molar-refractivity contribution in [1.82, 2.24) is 0 Å². The first-order valence-corrected chi connectivity index (χ1v) is 6.99. The van der Waals surface area contributed by atoms with E-state index >= 15 is 0 Å². The van der Waals surface area contributed by atoms with Crippen LogP contribution in [0.3, 0.4) is 0 Å². The minimum atomic E-state index is -1.27. The number of hydrogen-bond acceptors (Lipinski definition) is 5. The highest BCUT2D eigenvalue weighted by atomic mass is 35.5. The molecule has 0 amide bonds. The third-order valence-corrected chi connectivity index (χ3v) is 3.93. The Kier molecular flexibility index (Phi) is 6.64. The fraction of sp³-hybridized carbons (Fsp3) is 0.467. The van der Waals surface area contributed by atoms with Crippen LogP contribution in [0.5, 0.6) is 11.5 Å². The zero-order valence-electron chi connectivity index (χ0n) is 12.0. The van der Waals surface area contributed by atoms with Gasteiger partial charge in [-0.15, -0.1) is 12.4 Å². The zero-order chi connectivity index (χ0) is 15.4. The van der Waals surface area contributed by atoms with Crippen LogP contribution in [0.2, 0.25) is 0 Å². The van der Waals surface area contributed by atoms with Gasteiger partial charge in [0.15, 0.2) is 0 Å². The van der Waals surface area contributed by atoms with Gasteiger partial charge in [-0.2, -0.15) is 0 Å². The number of carbonyl (C=O) groups is 2. The summed E-state index contributed by atoms with van der Waals surface area (Å²) in [6.07, 6.45) is 3.30. The second kappa shape index (κ2) is 8.00. The Balaban J connectivity index is 0.00000242. The molecule has 0 heterocycles. The SMILES string of the molecule is Cl.NCC1CCC(C(=O)Oc2ccc(O)c(C(=O)O)c2)CC1. The molecule has 4 N–H and O–H groups in total. The van der Waals surface area contributed by atoms with Gasteiger partial charge < -0.3 is 20.7 Å². The maximum Gasteiger partial charge on any atom is 0.339 e. The number of rotatable bonds is 4. The molecule has 1 saturated carbocycles. The summed E-state index contributed by atoms with van der Waals surface area (Å²) in [6, 6.07) is 3.74. The topological polar surface area (TPSA) is 110 Å². The van der Waals surface area contributed by atoms with Crippen molar-refractivity contribution < 1.29 is 24.5 Å². The molecular weight excluding hydrogens is 310 g/mol. The van der Waals surface area contributed by atoms with Crippen LogP contribution >= 0.6 is 12.4 Å². The number of carboxylic acid groups (broad SMARTS) is 1. The van der Waals surface area contributed by atoms with E-state index < -0.39 is 5.97 Å². The van der Waals surface area contributed by atoms with Crippen molar-refractivity contribution in [2.45, 2.75) is 25.7 Å². The molecule has 0 aliphatic heterocycles. The van der Waals surface area contributed by atoms with E-state index in [4.69, 9.17) is 15.6 Å². The molecule has 122 valence electrons. The standard InChI is InChI=1S/C15H19NO5.ClH/c16-8-9-1-3-10(4-2-9)15(20)21-11-5-6-13(17)12(7-11)14(18)19;/h5-7,9-10,17H,1-4,8,16H2,(H,18,19);1H. The van der Waals surface area contributed by atoms with E-state index in [9.17, 15) is 14.7 Å². The number of hydrogen-bond donors (Lipinski definition) is 3. The first kappa shape index (κ1) is 18.3. The number of carbonyl (C=O) groups excluding carboxylic acids is 1. The summed E-state index contributed by atoms with van der Waals surface area (Å²) in [5.41, 5.74) is 5.33. The first-order valence-electron chi connectivity index (χ1n) is 6.99. The summed E-state index contributed by atoms with van der Waals surface area (Å²) < 4.78 is 5.22. The number of halogens is 1. The number of nitrogens with two attached hydrogens (primary N) is 1. The molecule has 2 rings (SSSR count). The van der Waals surface area contributed by atoms with Crippen molar-refractivity contribution in [3.63, 3.8) is 0 Å². The van der Waals surface area contributed by atoms with Gasteiger partial charge in [0.2, 0.25) is 0 Å². The zero-order valence-corrected chi connectivity index (χ0v) is 12.8. The van der Waals surface area contributed by atoms with Crippen LogP contribution in [0.4, 0.5) is 0 Å². The van der Waals surface area contributed by atoms with Gasteiger partial charge in [-0.05, 0) is 56.3 Å². The molecule has 1 aromatic rings. The third kappa shape index (κ3) is 4.35. The van der Waals surface area contributed by atoms with Gasteiger partial charge in [0.05, 0.1) is 5.92 Å². The average Bonchev–Trinajstić information content (AvgIpc) is 2.49. The number of ether oxygens (including phenoxy) is 1. The molecule has 1 fully saturated rings. The van der Waals surface area contributed by atoms with Gasteiger partial charge in [0, 0.05) is 0 Å². The highest BCUT2D eigenvalue weighted by Gasteiger charge is 2.27. The molecule has 0 unspecified atom stereocenters. The number of aromatic carboxylic acids is 1. The maximum atomic E-state index is 12.1. The van der Waals surface area contributed by atoms with E-state index in [2.05, 4.69) is 0 Å². The summed E-state index contributed by atoms with van der Waals surface area (Å²) in [6.45, 7) is 0.641. The Morgan fingerprint density at radius 2 is 1.86 bits per heavy atom. The van der Waals surface area contributed by atoms with Gasteiger partial charge in [-0.25, -0.2) is 4.79 Å². The molecule has 0 bridgehead atoms. The normalized spacial score (nSPS) is 20.8. The lowest BCUT2D eigenvalue weighted by Crippen LogP contribution is -2.28. The predicted molar refractivity (Wildman–Crippen MR) is 82.5 cm³/mol. The van der Waals surface area contributed by atoms with Crippen LogP contribution in [-0.2, 0) is 4.79 Å². The van der Waals surface area contributed by atoms with Crippen LogP contribution in [0.1, 0.15) is 36.0 Å². The van der Waals surface area contributed by atoms with E-state index in [1.54, 1.807) is 0 Å². The number of benzene rings is 1. The highest BCUT2D eigenvalue weighted by molar-refractivity contribution is 5.91. The minimum absolute atomic E-state index is 0. The van der Waals surface area contributed by atoms with E-state index in [-0.39, 0.29) is 41.4 Å². The molecule has 6 nitrogen and oxygen atoms in total. The molecule has 0 radical (unpaired) electrons. The predicted octanol–water partition coefficient (Wildman–Crippen LogP) is 2.18. The number of esters is 1. The van der Waals surface area contributed by atoms with Crippen molar-refractivity contribution in [2.75, 3.05) is 6.54 Å². The lowest BCUT2D eigenvalue weighted by molar-refractivity contribution is -0.140.